The molecule has 2 aromatic heterocycles. The van der Waals surface area contributed by atoms with E-state index >= 15 is 0 Å². The third-order valence-corrected chi connectivity index (χ3v) is 5.07. The van der Waals surface area contributed by atoms with Crippen LogP contribution in [0.4, 0.5) is 0 Å². The Labute approximate surface area is 116 Å². The van der Waals surface area contributed by atoms with Crippen molar-refractivity contribution in [2.24, 2.45) is 0 Å². The normalized spacial score (nSPS) is 15.5. The van der Waals surface area contributed by atoms with Gasteiger partial charge in [0, 0.05) is 40.7 Å². The second kappa shape index (κ2) is 4.09. The molecule has 2 nitrogen and oxygen atoms in total. The zero-order chi connectivity index (χ0) is 13.0. The van der Waals surface area contributed by atoms with Crippen LogP contribution in [-0.2, 0) is 13.0 Å². The first kappa shape index (κ1) is 11.5. The van der Waals surface area contributed by atoms with E-state index in [-0.39, 0.29) is 0 Å². The van der Waals surface area contributed by atoms with E-state index in [0.717, 1.165) is 19.5 Å². The lowest BCUT2D eigenvalue weighted by molar-refractivity contribution is 0.641. The van der Waals surface area contributed by atoms with Gasteiger partial charge in [-0.25, -0.2) is 0 Å². The zero-order valence-electron chi connectivity index (χ0n) is 11.3. The summed E-state index contributed by atoms with van der Waals surface area (Å²) in [5.74, 6) is 0.557. The van der Waals surface area contributed by atoms with Gasteiger partial charge < -0.3 is 10.3 Å². The number of nitrogens with one attached hydrogen (secondary N) is 2. The van der Waals surface area contributed by atoms with Gasteiger partial charge in [0.05, 0.1) is 5.52 Å². The molecule has 1 aliphatic rings. The summed E-state index contributed by atoms with van der Waals surface area (Å²) >= 11 is 1.85. The van der Waals surface area contributed by atoms with Crippen LogP contribution in [0.15, 0.2) is 17.5 Å². The molecule has 2 N–H and O–H groups in total. The molecule has 0 aliphatic carbocycles. The van der Waals surface area contributed by atoms with E-state index in [9.17, 15) is 0 Å². The Balaban J connectivity index is 2.19. The molecule has 3 heterocycles. The molecular formula is C16H18N2S. The molecule has 0 atom stereocenters. The van der Waals surface area contributed by atoms with E-state index < -0.39 is 0 Å². The monoisotopic (exact) mass is 270 g/mol. The van der Waals surface area contributed by atoms with Crippen LogP contribution in [0.3, 0.4) is 0 Å². The van der Waals surface area contributed by atoms with Crippen LogP contribution in [0.5, 0.6) is 0 Å². The summed E-state index contributed by atoms with van der Waals surface area (Å²) in [5, 5.41) is 8.60. The van der Waals surface area contributed by atoms with Crippen LogP contribution in [0.25, 0.3) is 21.0 Å². The van der Waals surface area contributed by atoms with Crippen LogP contribution in [0, 0.1) is 0 Å². The minimum atomic E-state index is 0.557. The number of rotatable bonds is 1. The summed E-state index contributed by atoms with van der Waals surface area (Å²) in [6.45, 7) is 6.66. The van der Waals surface area contributed by atoms with E-state index in [2.05, 4.69) is 41.7 Å². The van der Waals surface area contributed by atoms with Crippen molar-refractivity contribution in [3.05, 3.63) is 34.3 Å². The number of fused-ring (bicyclic) bond motifs is 5. The Kier molecular flexibility index (Phi) is 2.47. The van der Waals surface area contributed by atoms with Crippen molar-refractivity contribution in [3.8, 4) is 0 Å². The van der Waals surface area contributed by atoms with Gasteiger partial charge in [0.25, 0.3) is 0 Å². The third-order valence-electron chi connectivity index (χ3n) is 4.21. The number of H-pyrrole nitrogens is 1. The maximum Gasteiger partial charge on any atom is 0.0501 e. The number of benzene rings is 1. The molecule has 0 saturated heterocycles. The minimum absolute atomic E-state index is 0.557. The van der Waals surface area contributed by atoms with Crippen molar-refractivity contribution in [2.75, 3.05) is 6.54 Å². The average molecular weight is 270 g/mol. The molecule has 1 aliphatic heterocycles. The molecule has 0 bridgehead atoms. The Morgan fingerprint density at radius 1 is 1.32 bits per heavy atom. The molecule has 0 saturated carbocycles. The topological polar surface area (TPSA) is 27.8 Å². The SMILES string of the molecule is CC(C)c1cc2sccc2c2c3c([nH]c12)CCNC3. The van der Waals surface area contributed by atoms with Crippen LogP contribution >= 0.6 is 11.3 Å². The molecule has 0 fully saturated rings. The number of hydrogen-bond donors (Lipinski definition) is 2. The zero-order valence-corrected chi connectivity index (χ0v) is 12.2. The lowest BCUT2D eigenvalue weighted by Gasteiger charge is -2.13. The maximum atomic E-state index is 3.71. The Morgan fingerprint density at radius 3 is 3.05 bits per heavy atom. The standard InChI is InChI=1S/C16H18N2S/c1-9(2)11-7-14-10(4-6-19-14)15-12-8-17-5-3-13(12)18-16(11)15/h4,6-7,9,17-18H,3,5,8H2,1-2H3. The van der Waals surface area contributed by atoms with Crippen molar-refractivity contribution in [3.63, 3.8) is 0 Å². The lowest BCUT2D eigenvalue weighted by Crippen LogP contribution is -2.22. The summed E-state index contributed by atoms with van der Waals surface area (Å²) in [6, 6.07) is 4.65. The van der Waals surface area contributed by atoms with Crippen LogP contribution in [0.2, 0.25) is 0 Å². The van der Waals surface area contributed by atoms with Crippen LogP contribution < -0.4 is 5.32 Å². The molecule has 0 unspecified atom stereocenters. The molecule has 3 heteroatoms. The first-order chi connectivity index (χ1) is 9.25. The molecule has 98 valence electrons. The van der Waals surface area contributed by atoms with Crippen molar-refractivity contribution in [2.45, 2.75) is 32.7 Å². The van der Waals surface area contributed by atoms with Crippen molar-refractivity contribution in [1.82, 2.24) is 10.3 Å². The molecule has 19 heavy (non-hydrogen) atoms. The summed E-state index contributed by atoms with van der Waals surface area (Å²) in [5.41, 5.74) is 5.76. The Morgan fingerprint density at radius 2 is 2.21 bits per heavy atom. The highest BCUT2D eigenvalue weighted by Crippen LogP contribution is 2.38. The molecule has 4 rings (SSSR count). The van der Waals surface area contributed by atoms with Crippen molar-refractivity contribution in [1.29, 1.82) is 0 Å². The van der Waals surface area contributed by atoms with Gasteiger partial charge in [-0.2, -0.15) is 0 Å². The van der Waals surface area contributed by atoms with Gasteiger partial charge in [-0.1, -0.05) is 13.8 Å². The van der Waals surface area contributed by atoms with E-state index in [4.69, 9.17) is 0 Å². The number of aromatic amines is 1. The molecule has 3 aromatic rings. The molecule has 1 aromatic carbocycles. The average Bonchev–Trinajstić information content (AvgIpc) is 3.00. The third kappa shape index (κ3) is 1.58. The highest BCUT2D eigenvalue weighted by Gasteiger charge is 2.20. The quantitative estimate of drug-likeness (QED) is 0.683. The molecule has 0 radical (unpaired) electrons. The van der Waals surface area contributed by atoms with Gasteiger partial charge in [0.15, 0.2) is 0 Å². The summed E-state index contributed by atoms with van der Waals surface area (Å²) in [4.78, 5) is 3.71. The van der Waals surface area contributed by atoms with Gasteiger partial charge in [0.2, 0.25) is 0 Å². The second-order valence-electron chi connectivity index (χ2n) is 5.71. The van der Waals surface area contributed by atoms with E-state index in [0.29, 0.717) is 5.92 Å². The fourth-order valence-corrected chi connectivity index (χ4v) is 4.09. The first-order valence-corrected chi connectivity index (χ1v) is 7.88. The Hall–Kier alpha value is -1.32. The highest BCUT2D eigenvalue weighted by molar-refractivity contribution is 7.17. The van der Waals surface area contributed by atoms with Gasteiger partial charge in [0.1, 0.15) is 0 Å². The maximum absolute atomic E-state index is 3.71. The van der Waals surface area contributed by atoms with Crippen LogP contribution in [0.1, 0.15) is 36.6 Å². The van der Waals surface area contributed by atoms with E-state index in [1.165, 1.54) is 37.8 Å². The van der Waals surface area contributed by atoms with Gasteiger partial charge in [-0.3, -0.25) is 0 Å². The van der Waals surface area contributed by atoms with Crippen LogP contribution in [-0.4, -0.2) is 11.5 Å². The number of thiophene rings is 1. The fraction of sp³-hybridized carbons (Fsp3) is 0.375. The van der Waals surface area contributed by atoms with Gasteiger partial charge in [-0.05, 0) is 34.6 Å². The number of hydrogen-bond acceptors (Lipinski definition) is 2. The van der Waals surface area contributed by atoms with E-state index in [1.807, 2.05) is 11.3 Å². The Bertz CT molecular complexity index is 764. The lowest BCUT2D eigenvalue weighted by atomic mass is 9.96. The first-order valence-electron chi connectivity index (χ1n) is 7.00. The smallest absolute Gasteiger partial charge is 0.0501 e. The number of aromatic nitrogens is 1. The summed E-state index contributed by atoms with van der Waals surface area (Å²) in [7, 11) is 0. The van der Waals surface area contributed by atoms with Gasteiger partial charge in [-0.15, -0.1) is 11.3 Å². The largest absolute Gasteiger partial charge is 0.358 e. The molecular weight excluding hydrogens is 252 g/mol. The predicted octanol–water partition coefficient (Wildman–Crippen LogP) is 4.15. The molecule has 0 spiro atoms. The highest BCUT2D eigenvalue weighted by atomic mass is 32.1. The summed E-state index contributed by atoms with van der Waals surface area (Å²) < 4.78 is 1.42. The fourth-order valence-electron chi connectivity index (χ4n) is 3.25. The minimum Gasteiger partial charge on any atom is -0.358 e. The molecule has 0 amide bonds. The predicted molar refractivity (Wildman–Crippen MR) is 83.2 cm³/mol. The van der Waals surface area contributed by atoms with Crippen molar-refractivity contribution < 1.29 is 0 Å². The van der Waals surface area contributed by atoms with E-state index in [1.54, 1.807) is 0 Å². The van der Waals surface area contributed by atoms with Gasteiger partial charge >= 0.3 is 0 Å². The summed E-state index contributed by atoms with van der Waals surface area (Å²) in [6.07, 6.45) is 1.12. The van der Waals surface area contributed by atoms with Crippen molar-refractivity contribution >= 4 is 32.3 Å². The second-order valence-corrected chi connectivity index (χ2v) is 6.66.